The number of pyridine rings is 5. The van der Waals surface area contributed by atoms with Gasteiger partial charge in [-0.15, -0.1) is 0 Å². The van der Waals surface area contributed by atoms with Gasteiger partial charge in [0.15, 0.2) is 0 Å². The summed E-state index contributed by atoms with van der Waals surface area (Å²) in [5, 5.41) is 24.0. The average Bonchev–Trinajstić information content (AvgIpc) is 1.51. The molecule has 0 aliphatic rings. The minimum absolute atomic E-state index is 0.916. The molecule has 0 fully saturated rings. The second-order valence-electron chi connectivity index (χ2n) is 33.5. The molecule has 14 heterocycles. The number of fused-ring (bicyclic) bond motifs is 39. The Kier molecular flexibility index (Phi) is 15.0. The highest BCUT2D eigenvalue weighted by molar-refractivity contribution is 6.33. The van der Waals surface area contributed by atoms with Crippen LogP contribution in [0, 0.1) is 0 Å². The molecule has 0 N–H and O–H groups in total. The molecule has 14 heteroatoms. The number of hydrogen-bond acceptors (Lipinski definition) is 5. The summed E-state index contributed by atoms with van der Waals surface area (Å²) in [4.78, 5) is 24.1. The maximum atomic E-state index is 4.86. The molecule has 14 nitrogen and oxygen atoms in total. The first kappa shape index (κ1) is 70.8. The molecule has 14 aromatic heterocycles. The summed E-state index contributed by atoms with van der Waals surface area (Å²) >= 11 is 0. The van der Waals surface area contributed by atoms with Gasteiger partial charge in [0.2, 0.25) is 0 Å². The van der Waals surface area contributed by atoms with Crippen LogP contribution in [0.25, 0.3) is 247 Å². The molecule has 0 saturated carbocycles. The van der Waals surface area contributed by atoms with Crippen molar-refractivity contribution >= 4 is 213 Å². The molecule has 30 rings (SSSR count). The van der Waals surface area contributed by atoms with Crippen LogP contribution in [0.4, 0.5) is 0 Å². The lowest BCUT2D eigenvalue weighted by molar-refractivity contribution is 1.17. The van der Waals surface area contributed by atoms with Crippen molar-refractivity contribution in [3.63, 3.8) is 0 Å². The van der Waals surface area contributed by atoms with Crippen LogP contribution in [0.1, 0.15) is 0 Å². The van der Waals surface area contributed by atoms with E-state index in [-0.39, 0.29) is 0 Å². The second-order valence-corrected chi connectivity index (χ2v) is 33.5. The molecule has 30 aromatic rings. The molecular formula is C115H70N14. The summed E-state index contributed by atoms with van der Waals surface area (Å²) in [6.07, 6.45) is 15.5. The molecule has 0 amide bonds. The van der Waals surface area contributed by atoms with E-state index in [1.54, 1.807) is 0 Å². The van der Waals surface area contributed by atoms with E-state index in [0.717, 1.165) is 111 Å². The molecule has 600 valence electrons. The molecule has 0 bridgehead atoms. The van der Waals surface area contributed by atoms with Crippen LogP contribution in [0.2, 0.25) is 0 Å². The van der Waals surface area contributed by atoms with Crippen LogP contribution in [0.3, 0.4) is 0 Å². The summed E-state index contributed by atoms with van der Waals surface area (Å²) < 4.78 is 21.0. The molecule has 0 saturated heterocycles. The molecule has 0 aliphatic heterocycles. The number of benzene rings is 16. The van der Waals surface area contributed by atoms with Crippen molar-refractivity contribution in [3.8, 4) is 34.1 Å². The van der Waals surface area contributed by atoms with Crippen molar-refractivity contribution in [2.45, 2.75) is 0 Å². The lowest BCUT2D eigenvalue weighted by Gasteiger charge is -2.11. The third-order valence-electron chi connectivity index (χ3n) is 26.9. The fourth-order valence-electron chi connectivity index (χ4n) is 21.7. The van der Waals surface area contributed by atoms with Gasteiger partial charge in [-0.2, -0.15) is 0 Å². The van der Waals surface area contributed by atoms with E-state index in [4.69, 9.17) is 24.9 Å². The molecule has 16 aromatic carbocycles. The van der Waals surface area contributed by atoms with Crippen LogP contribution in [0.15, 0.2) is 426 Å². The Hall–Kier alpha value is -17.8. The lowest BCUT2D eigenvalue weighted by Crippen LogP contribution is -1.96. The van der Waals surface area contributed by atoms with E-state index in [9.17, 15) is 0 Å². The minimum atomic E-state index is 0.916. The van der Waals surface area contributed by atoms with Crippen molar-refractivity contribution in [2.75, 3.05) is 0 Å². The van der Waals surface area contributed by atoms with Gasteiger partial charge in [0.25, 0.3) is 0 Å². The molecule has 0 aliphatic carbocycles. The average molecular weight is 1650 g/mol. The van der Waals surface area contributed by atoms with E-state index in [0.29, 0.717) is 0 Å². The minimum Gasteiger partial charge on any atom is -0.309 e. The molecule has 0 radical (unpaired) electrons. The van der Waals surface area contributed by atoms with Crippen molar-refractivity contribution in [1.82, 2.24) is 65.5 Å². The van der Waals surface area contributed by atoms with E-state index in [2.05, 4.69) is 411 Å². The maximum absolute atomic E-state index is 4.86. The van der Waals surface area contributed by atoms with Gasteiger partial charge in [0.1, 0.15) is 22.6 Å². The standard InChI is InChI=1S/C39H24N4.2C38H23N5/c1-3-11-25(12-4-1)42-34-18-10-8-16-29(34)37-35(42)20-19-28-31-23-30-27-15-7-9-17-33(27)41-22-21-40-39(41)32(30)24-36(31)43(38(28)37)26-13-5-2-6-14-26;1-3-10-24(11-4-1)42-32-16-8-7-14-28(32)35-33(42)18-17-26-30-22-29-27-15-9-19-39-37(27)41-21-20-40-38(41)31(29)23-34(30)43(36(26)35)25-12-5-2-6-13-25;1-3-10-24(11-4-1)42-31-15-8-7-14-27(31)35-32(42)18-17-26-28-22-29-30(23-34(28)43(37(26)35)25-12-5-2-6-13-25)38-40-20-21-41(38)33-16-9-19-39-36(29)33/h1-24H;2*1-23H. The predicted octanol–water partition coefficient (Wildman–Crippen LogP) is 28.3. The van der Waals surface area contributed by atoms with Gasteiger partial charge in [-0.05, 0) is 187 Å². The molecular weight excluding hydrogens is 1580 g/mol. The molecule has 0 atom stereocenters. The zero-order valence-electron chi connectivity index (χ0n) is 69.2. The zero-order valence-corrected chi connectivity index (χ0v) is 69.2. The van der Waals surface area contributed by atoms with Crippen LogP contribution >= 0.6 is 0 Å². The summed E-state index contributed by atoms with van der Waals surface area (Å²) in [5.41, 5.74) is 28.1. The Morgan fingerprint density at radius 3 is 0.853 bits per heavy atom. The third-order valence-corrected chi connectivity index (χ3v) is 26.9. The largest absolute Gasteiger partial charge is 0.309 e. The molecule has 129 heavy (non-hydrogen) atoms. The van der Waals surface area contributed by atoms with E-state index in [1.807, 2.05) is 55.5 Å². The van der Waals surface area contributed by atoms with Gasteiger partial charge in [0.05, 0.1) is 82.8 Å². The Balaban J connectivity index is 0.0000000976. The van der Waals surface area contributed by atoms with Crippen LogP contribution in [0.5, 0.6) is 0 Å². The fourth-order valence-corrected chi connectivity index (χ4v) is 21.7. The van der Waals surface area contributed by atoms with Crippen LogP contribution in [-0.2, 0) is 0 Å². The van der Waals surface area contributed by atoms with Crippen molar-refractivity contribution in [2.24, 2.45) is 0 Å². The monoisotopic (exact) mass is 1650 g/mol. The number of para-hydroxylation sites is 10. The Bertz CT molecular complexity index is 9040. The predicted molar refractivity (Wildman–Crippen MR) is 532 cm³/mol. The van der Waals surface area contributed by atoms with Gasteiger partial charge in [-0.25, -0.2) is 19.9 Å². The number of nitrogens with zero attached hydrogens (tertiary/aromatic N) is 14. The van der Waals surface area contributed by atoms with Gasteiger partial charge >= 0.3 is 0 Å². The number of imidazole rings is 3. The number of rotatable bonds is 6. The highest BCUT2D eigenvalue weighted by Crippen LogP contribution is 2.50. The first-order chi connectivity index (χ1) is 64.1. The van der Waals surface area contributed by atoms with Crippen molar-refractivity contribution in [1.29, 1.82) is 0 Å². The first-order valence-corrected chi connectivity index (χ1v) is 43.7. The van der Waals surface area contributed by atoms with E-state index >= 15 is 0 Å². The number of hydrogen-bond donors (Lipinski definition) is 0. The summed E-state index contributed by atoms with van der Waals surface area (Å²) in [6, 6.07) is 135. The Morgan fingerprint density at radius 2 is 0.434 bits per heavy atom. The molecule has 0 spiro atoms. The zero-order chi connectivity index (χ0) is 84.2. The second kappa shape index (κ2) is 27.4. The summed E-state index contributed by atoms with van der Waals surface area (Å²) in [7, 11) is 0. The Morgan fingerprint density at radius 1 is 0.147 bits per heavy atom. The SMILES string of the molecule is c1ccc(-n2c3ccccc3c3c2ccc2c4cc5c(cc4n(-c4ccccc4)c23)c2nccn2c2cccnc52)cc1.c1ccc(-n2c3ccccc3c3c2ccc2c4cc5c6ccccc6n6ccnc6c5cc4n(-c4ccccc4)c23)cc1.c1ccc(-n2c3ccccc3c3c2ccc2c4cc5c6cccnc6n6ccnc6c5cc4n(-c4ccccc4)c23)cc1. The third kappa shape index (κ3) is 10.1. The van der Waals surface area contributed by atoms with Crippen LogP contribution in [-0.4, -0.2) is 65.5 Å². The topological polar surface area (TPSA) is 107 Å². The van der Waals surface area contributed by atoms with Gasteiger partial charge in [0, 0.05) is 181 Å². The number of aromatic nitrogens is 14. The van der Waals surface area contributed by atoms with E-state index in [1.165, 1.54) is 136 Å². The van der Waals surface area contributed by atoms with Gasteiger partial charge < -0.3 is 27.4 Å². The van der Waals surface area contributed by atoms with Crippen LogP contribution < -0.4 is 0 Å². The summed E-state index contributed by atoms with van der Waals surface area (Å²) in [5.74, 6) is 0. The maximum Gasteiger partial charge on any atom is 0.146 e. The highest BCUT2D eigenvalue weighted by atomic mass is 15.1. The smallest absolute Gasteiger partial charge is 0.146 e. The van der Waals surface area contributed by atoms with Gasteiger partial charge in [-0.3, -0.25) is 18.2 Å². The quantitative estimate of drug-likeness (QED) is 0.154. The van der Waals surface area contributed by atoms with E-state index < -0.39 is 0 Å². The highest BCUT2D eigenvalue weighted by Gasteiger charge is 2.28. The first-order valence-electron chi connectivity index (χ1n) is 43.7. The summed E-state index contributed by atoms with van der Waals surface area (Å²) in [6.45, 7) is 0. The van der Waals surface area contributed by atoms with Crippen molar-refractivity contribution in [3.05, 3.63) is 426 Å². The van der Waals surface area contributed by atoms with Gasteiger partial charge in [-0.1, -0.05) is 200 Å². The lowest BCUT2D eigenvalue weighted by atomic mass is 10.0. The Labute approximate surface area is 733 Å². The normalized spacial score (nSPS) is 12.2. The van der Waals surface area contributed by atoms with Crippen molar-refractivity contribution < 1.29 is 0 Å². The fraction of sp³-hybridized carbons (Fsp3) is 0. The molecule has 0 unspecified atom stereocenters.